The topological polar surface area (TPSA) is 74.2 Å². The Morgan fingerprint density at radius 2 is 1.60 bits per heavy atom. The SMILES string of the molecule is O=C(Cc1c[nH]c2ccccc12)N1CCN(C(=O)c2ccc(-n3ccc(C(F)(F)F)n3)cc2)CC1. The number of benzene rings is 2. The van der Waals surface area contributed by atoms with Crippen LogP contribution in [0.5, 0.6) is 0 Å². The average molecular weight is 481 g/mol. The smallest absolute Gasteiger partial charge is 0.361 e. The van der Waals surface area contributed by atoms with Gasteiger partial charge in [-0.3, -0.25) is 9.59 Å². The van der Waals surface area contributed by atoms with Gasteiger partial charge in [-0.05, 0) is 42.0 Å². The van der Waals surface area contributed by atoms with Crippen molar-refractivity contribution in [2.45, 2.75) is 12.6 Å². The molecule has 2 aromatic heterocycles. The molecule has 5 rings (SSSR count). The van der Waals surface area contributed by atoms with Crippen LogP contribution < -0.4 is 0 Å². The molecule has 0 unspecified atom stereocenters. The number of carbonyl (C=O) groups is 2. The van der Waals surface area contributed by atoms with Crippen LogP contribution in [0.25, 0.3) is 16.6 Å². The van der Waals surface area contributed by atoms with Gasteiger partial charge in [0.15, 0.2) is 5.69 Å². The molecule has 4 aromatic rings. The molecule has 1 saturated heterocycles. The van der Waals surface area contributed by atoms with E-state index in [1.54, 1.807) is 34.1 Å². The van der Waals surface area contributed by atoms with E-state index < -0.39 is 11.9 Å². The number of aromatic amines is 1. The highest BCUT2D eigenvalue weighted by Crippen LogP contribution is 2.28. The first-order valence-corrected chi connectivity index (χ1v) is 11.1. The van der Waals surface area contributed by atoms with Crippen LogP contribution in [0.15, 0.2) is 67.0 Å². The fraction of sp³-hybridized carbons (Fsp3) is 0.240. The number of carbonyl (C=O) groups excluding carboxylic acids is 2. The lowest BCUT2D eigenvalue weighted by Crippen LogP contribution is -2.51. The summed E-state index contributed by atoms with van der Waals surface area (Å²) >= 11 is 0. The Morgan fingerprint density at radius 3 is 2.29 bits per heavy atom. The number of rotatable bonds is 4. The molecule has 1 N–H and O–H groups in total. The van der Waals surface area contributed by atoms with E-state index >= 15 is 0 Å². The zero-order chi connectivity index (χ0) is 24.6. The lowest BCUT2D eigenvalue weighted by Gasteiger charge is -2.35. The Morgan fingerprint density at radius 1 is 0.914 bits per heavy atom. The molecule has 0 atom stereocenters. The van der Waals surface area contributed by atoms with Gasteiger partial charge >= 0.3 is 6.18 Å². The van der Waals surface area contributed by atoms with E-state index in [1.807, 2.05) is 30.5 Å². The third-order valence-corrected chi connectivity index (χ3v) is 6.19. The maximum Gasteiger partial charge on any atom is 0.435 e. The van der Waals surface area contributed by atoms with Crippen LogP contribution >= 0.6 is 0 Å². The number of hydrogen-bond acceptors (Lipinski definition) is 3. The van der Waals surface area contributed by atoms with Crippen LogP contribution in [-0.2, 0) is 17.4 Å². The van der Waals surface area contributed by atoms with Crippen LogP contribution in [0.1, 0.15) is 21.6 Å². The van der Waals surface area contributed by atoms with Crippen molar-refractivity contribution < 1.29 is 22.8 Å². The summed E-state index contributed by atoms with van der Waals surface area (Å²) in [4.78, 5) is 32.4. The number of alkyl halides is 3. The predicted molar refractivity (Wildman–Crippen MR) is 123 cm³/mol. The Labute approximate surface area is 198 Å². The van der Waals surface area contributed by atoms with E-state index in [2.05, 4.69) is 10.1 Å². The third kappa shape index (κ3) is 4.64. The zero-order valence-corrected chi connectivity index (χ0v) is 18.6. The van der Waals surface area contributed by atoms with Gasteiger partial charge in [0.2, 0.25) is 5.91 Å². The lowest BCUT2D eigenvalue weighted by atomic mass is 10.1. The van der Waals surface area contributed by atoms with Gasteiger partial charge in [0.05, 0.1) is 12.1 Å². The maximum absolute atomic E-state index is 12.9. The molecule has 35 heavy (non-hydrogen) atoms. The van der Waals surface area contributed by atoms with Crippen LogP contribution in [0.3, 0.4) is 0 Å². The first kappa shape index (κ1) is 22.7. The molecule has 0 saturated carbocycles. The minimum atomic E-state index is -4.51. The first-order chi connectivity index (χ1) is 16.8. The van der Waals surface area contributed by atoms with Crippen molar-refractivity contribution in [2.75, 3.05) is 26.2 Å². The van der Waals surface area contributed by atoms with Gasteiger partial charge in [0.25, 0.3) is 5.91 Å². The van der Waals surface area contributed by atoms with E-state index in [1.165, 1.54) is 6.20 Å². The van der Waals surface area contributed by atoms with Crippen molar-refractivity contribution in [3.63, 3.8) is 0 Å². The van der Waals surface area contributed by atoms with Crippen molar-refractivity contribution in [1.82, 2.24) is 24.6 Å². The van der Waals surface area contributed by atoms with Crippen LogP contribution in [0.4, 0.5) is 13.2 Å². The Bertz CT molecular complexity index is 1370. The highest BCUT2D eigenvalue weighted by Gasteiger charge is 2.33. The van der Waals surface area contributed by atoms with Gasteiger partial charge in [0.1, 0.15) is 0 Å². The Balaban J connectivity index is 1.18. The lowest BCUT2D eigenvalue weighted by molar-refractivity contribution is -0.141. The molecule has 10 heteroatoms. The molecular weight excluding hydrogens is 459 g/mol. The van der Waals surface area contributed by atoms with Gasteiger partial charge in [-0.1, -0.05) is 18.2 Å². The molecule has 0 bridgehead atoms. The number of hydrogen-bond donors (Lipinski definition) is 1. The van der Waals surface area contributed by atoms with Crippen LogP contribution in [0, 0.1) is 0 Å². The number of H-pyrrole nitrogens is 1. The molecule has 7 nitrogen and oxygen atoms in total. The fourth-order valence-corrected chi connectivity index (χ4v) is 4.27. The largest absolute Gasteiger partial charge is 0.435 e. The van der Waals surface area contributed by atoms with E-state index in [0.29, 0.717) is 43.9 Å². The summed E-state index contributed by atoms with van der Waals surface area (Å²) in [7, 11) is 0. The van der Waals surface area contributed by atoms with E-state index in [0.717, 1.165) is 27.2 Å². The van der Waals surface area contributed by atoms with Gasteiger partial charge in [-0.15, -0.1) is 0 Å². The van der Waals surface area contributed by atoms with Crippen LogP contribution in [-0.4, -0.2) is 62.6 Å². The summed E-state index contributed by atoms with van der Waals surface area (Å²) in [5.74, 6) is -0.166. The summed E-state index contributed by atoms with van der Waals surface area (Å²) < 4.78 is 39.4. The predicted octanol–water partition coefficient (Wildman–Crippen LogP) is 3.90. The third-order valence-electron chi connectivity index (χ3n) is 6.19. The molecule has 3 heterocycles. The number of aromatic nitrogens is 3. The normalized spacial score (nSPS) is 14.5. The monoisotopic (exact) mass is 481 g/mol. The minimum absolute atomic E-state index is 0.0173. The second kappa shape index (κ2) is 8.94. The molecule has 1 fully saturated rings. The van der Waals surface area contributed by atoms with Crippen molar-refractivity contribution in [1.29, 1.82) is 0 Å². The molecule has 2 aromatic carbocycles. The fourth-order valence-electron chi connectivity index (χ4n) is 4.27. The first-order valence-electron chi connectivity index (χ1n) is 11.1. The van der Waals surface area contributed by atoms with Gasteiger partial charge in [-0.25, -0.2) is 4.68 Å². The van der Waals surface area contributed by atoms with Crippen LogP contribution in [0.2, 0.25) is 0 Å². The second-order valence-corrected chi connectivity index (χ2v) is 8.40. The summed E-state index contributed by atoms with van der Waals surface area (Å²) in [6, 6.07) is 15.0. The Hall–Kier alpha value is -4.08. The summed E-state index contributed by atoms with van der Waals surface area (Å²) in [5, 5.41) is 4.57. The van der Waals surface area contributed by atoms with Crippen molar-refractivity contribution in [3.8, 4) is 5.69 Å². The molecule has 0 aliphatic carbocycles. The molecule has 0 radical (unpaired) electrons. The van der Waals surface area contributed by atoms with Crippen molar-refractivity contribution in [2.24, 2.45) is 0 Å². The number of para-hydroxylation sites is 1. The summed E-state index contributed by atoms with van der Waals surface area (Å²) in [5.41, 5.74) is 1.81. The van der Waals surface area contributed by atoms with Gasteiger partial charge < -0.3 is 14.8 Å². The highest BCUT2D eigenvalue weighted by molar-refractivity contribution is 5.94. The van der Waals surface area contributed by atoms with Gasteiger partial charge in [-0.2, -0.15) is 18.3 Å². The number of piperazine rings is 1. The van der Waals surface area contributed by atoms with Gasteiger partial charge in [0, 0.05) is 55.0 Å². The van der Waals surface area contributed by atoms with Crippen molar-refractivity contribution in [3.05, 3.63) is 83.8 Å². The van der Waals surface area contributed by atoms with E-state index in [9.17, 15) is 22.8 Å². The zero-order valence-electron chi connectivity index (χ0n) is 18.6. The summed E-state index contributed by atoms with van der Waals surface area (Å²) in [6.07, 6.45) is -1.13. The Kier molecular flexibility index (Phi) is 5.80. The number of halogens is 3. The molecule has 1 aliphatic heterocycles. The molecule has 2 amide bonds. The second-order valence-electron chi connectivity index (χ2n) is 8.40. The average Bonchev–Trinajstić information content (AvgIpc) is 3.52. The number of nitrogens with zero attached hydrogens (tertiary/aromatic N) is 4. The standard InChI is InChI=1S/C25H22F3N5O2/c26-25(27,28)22-9-10-33(30-22)19-7-5-17(6-8-19)24(35)32-13-11-31(12-14-32)23(34)15-18-16-29-21-4-2-1-3-20(18)21/h1-10,16,29H,11-15H2. The minimum Gasteiger partial charge on any atom is -0.361 e. The molecule has 0 spiro atoms. The highest BCUT2D eigenvalue weighted by atomic mass is 19.4. The number of fused-ring (bicyclic) bond motifs is 1. The molecule has 180 valence electrons. The van der Waals surface area contributed by atoms with Crippen molar-refractivity contribution >= 4 is 22.7 Å². The maximum atomic E-state index is 12.9. The van der Waals surface area contributed by atoms with E-state index in [-0.39, 0.29) is 11.8 Å². The van der Waals surface area contributed by atoms with E-state index in [4.69, 9.17) is 0 Å². The summed E-state index contributed by atoms with van der Waals surface area (Å²) in [6.45, 7) is 1.71. The quantitative estimate of drug-likeness (QED) is 0.481. The molecule has 1 aliphatic rings. The molecular formula is C25H22F3N5O2. The number of nitrogens with one attached hydrogen (secondary N) is 1. The number of amides is 2.